The fourth-order valence-corrected chi connectivity index (χ4v) is 4.42. The number of fused-ring (bicyclic) bond motifs is 1. The molecule has 0 amide bonds. The normalized spacial score (nSPS) is 22.0. The van der Waals surface area contributed by atoms with E-state index in [4.69, 9.17) is 9.47 Å². The van der Waals surface area contributed by atoms with Gasteiger partial charge in [0.25, 0.3) is 0 Å². The zero-order valence-electron chi connectivity index (χ0n) is 15.3. The van der Waals surface area contributed by atoms with Crippen molar-refractivity contribution in [2.75, 3.05) is 19.8 Å². The molecule has 1 fully saturated rings. The van der Waals surface area contributed by atoms with E-state index < -0.39 is 15.6 Å². The lowest BCUT2D eigenvalue weighted by atomic mass is 9.89. The quantitative estimate of drug-likeness (QED) is 0.887. The van der Waals surface area contributed by atoms with Gasteiger partial charge < -0.3 is 9.47 Å². The van der Waals surface area contributed by atoms with Crippen molar-refractivity contribution in [3.8, 4) is 5.88 Å². The van der Waals surface area contributed by atoms with Crippen LogP contribution in [0.1, 0.15) is 52.1 Å². The Kier molecular flexibility index (Phi) is 5.10. The smallest absolute Gasteiger partial charge is 0.246 e. The van der Waals surface area contributed by atoms with Crippen LogP contribution >= 0.6 is 0 Å². The molecule has 140 valence electrons. The summed E-state index contributed by atoms with van der Waals surface area (Å²) in [7, 11) is -3.59. The molecular weight excluding hydrogens is 340 g/mol. The number of pyridine rings is 1. The predicted molar refractivity (Wildman–Crippen MR) is 95.2 cm³/mol. The molecule has 25 heavy (non-hydrogen) atoms. The second kappa shape index (κ2) is 6.85. The van der Waals surface area contributed by atoms with Crippen molar-refractivity contribution in [3.63, 3.8) is 0 Å². The van der Waals surface area contributed by atoms with Crippen LogP contribution in [-0.2, 0) is 21.2 Å². The standard InChI is InChI=1S/C18H28N2O4S/c1-17(2,3)8-4-5-14-6-7-15-16(20-14)24-18(9-11-23-12-10-18)13-19-25(15,21)22/h6-7,19H,4-5,8-13H2,1-3H3. The third-order valence-electron chi connectivity index (χ3n) is 4.83. The molecule has 1 N–H and O–H groups in total. The van der Waals surface area contributed by atoms with Crippen molar-refractivity contribution in [3.05, 3.63) is 17.8 Å². The van der Waals surface area contributed by atoms with Crippen molar-refractivity contribution in [1.29, 1.82) is 0 Å². The van der Waals surface area contributed by atoms with Crippen molar-refractivity contribution in [2.24, 2.45) is 5.41 Å². The Hall–Kier alpha value is -1.18. The van der Waals surface area contributed by atoms with Crippen LogP contribution in [0.25, 0.3) is 0 Å². The first kappa shape index (κ1) is 18.6. The average Bonchev–Trinajstić information content (AvgIpc) is 2.62. The number of aryl methyl sites for hydroxylation is 1. The molecule has 3 heterocycles. The van der Waals surface area contributed by atoms with E-state index in [1.807, 2.05) is 0 Å². The minimum absolute atomic E-state index is 0.135. The summed E-state index contributed by atoms with van der Waals surface area (Å²) in [5.41, 5.74) is 0.595. The molecule has 6 nitrogen and oxygen atoms in total. The van der Waals surface area contributed by atoms with Gasteiger partial charge in [0.15, 0.2) is 0 Å². The molecule has 0 aromatic carbocycles. The third kappa shape index (κ3) is 4.51. The fourth-order valence-electron chi connectivity index (χ4n) is 3.25. The lowest BCUT2D eigenvalue weighted by Gasteiger charge is -2.35. The van der Waals surface area contributed by atoms with E-state index in [-0.39, 0.29) is 22.7 Å². The Morgan fingerprint density at radius 2 is 1.96 bits per heavy atom. The van der Waals surface area contributed by atoms with Gasteiger partial charge in [0.2, 0.25) is 15.9 Å². The highest BCUT2D eigenvalue weighted by Gasteiger charge is 2.41. The van der Waals surface area contributed by atoms with Crippen LogP contribution in [0.5, 0.6) is 5.88 Å². The number of sulfonamides is 1. The van der Waals surface area contributed by atoms with E-state index in [1.54, 1.807) is 12.1 Å². The average molecular weight is 368 g/mol. The van der Waals surface area contributed by atoms with Gasteiger partial charge in [-0.2, -0.15) is 0 Å². The maximum absolute atomic E-state index is 12.5. The van der Waals surface area contributed by atoms with Gasteiger partial charge in [-0.15, -0.1) is 0 Å². The Balaban J connectivity index is 1.84. The summed E-state index contributed by atoms with van der Waals surface area (Å²) < 4.78 is 39.3. The summed E-state index contributed by atoms with van der Waals surface area (Å²) in [5, 5.41) is 0. The van der Waals surface area contributed by atoms with Gasteiger partial charge in [-0.05, 0) is 36.8 Å². The number of rotatable bonds is 3. The maximum atomic E-state index is 12.5. The Morgan fingerprint density at radius 1 is 1.24 bits per heavy atom. The van der Waals surface area contributed by atoms with Crippen LogP contribution in [0.15, 0.2) is 17.0 Å². The molecule has 7 heteroatoms. The van der Waals surface area contributed by atoms with Crippen LogP contribution in [0.2, 0.25) is 0 Å². The van der Waals surface area contributed by atoms with Crippen molar-refractivity contribution < 1.29 is 17.9 Å². The van der Waals surface area contributed by atoms with Crippen LogP contribution in [0.3, 0.4) is 0 Å². The first-order valence-corrected chi connectivity index (χ1v) is 10.4. The van der Waals surface area contributed by atoms with Crippen LogP contribution in [0.4, 0.5) is 0 Å². The topological polar surface area (TPSA) is 77.5 Å². The minimum Gasteiger partial charge on any atom is -0.468 e. The Bertz CT molecular complexity index is 719. The summed E-state index contributed by atoms with van der Waals surface area (Å²) in [5.74, 6) is 0.236. The van der Waals surface area contributed by atoms with Gasteiger partial charge in [-0.1, -0.05) is 20.8 Å². The molecule has 2 aliphatic rings. The van der Waals surface area contributed by atoms with E-state index in [0.717, 1.165) is 25.0 Å². The highest BCUT2D eigenvalue weighted by molar-refractivity contribution is 7.89. The molecule has 0 saturated carbocycles. The minimum atomic E-state index is -3.59. The monoisotopic (exact) mass is 368 g/mol. The third-order valence-corrected chi connectivity index (χ3v) is 6.25. The van der Waals surface area contributed by atoms with Gasteiger partial charge >= 0.3 is 0 Å². The summed E-state index contributed by atoms with van der Waals surface area (Å²) in [6.45, 7) is 8.05. The summed E-state index contributed by atoms with van der Waals surface area (Å²) in [4.78, 5) is 4.69. The second-order valence-corrected chi connectivity index (χ2v) is 9.98. The van der Waals surface area contributed by atoms with Gasteiger partial charge in [-0.3, -0.25) is 0 Å². The number of ether oxygens (including phenoxy) is 2. The highest BCUT2D eigenvalue weighted by Crippen LogP contribution is 2.34. The maximum Gasteiger partial charge on any atom is 0.246 e. The fraction of sp³-hybridized carbons (Fsp3) is 0.722. The SMILES string of the molecule is CC(C)(C)CCCc1ccc2c(n1)OC1(CCOCC1)CNS2(=O)=O. The zero-order valence-corrected chi connectivity index (χ0v) is 16.1. The molecular formula is C18H28N2O4S. The van der Waals surface area contributed by atoms with E-state index in [0.29, 0.717) is 26.1 Å². The zero-order chi connectivity index (χ0) is 18.1. The number of nitrogens with zero attached hydrogens (tertiary/aromatic N) is 1. The second-order valence-electron chi connectivity index (χ2n) is 8.24. The lowest BCUT2D eigenvalue weighted by Crippen LogP contribution is -2.49. The molecule has 0 aliphatic carbocycles. The Morgan fingerprint density at radius 3 is 2.64 bits per heavy atom. The first-order chi connectivity index (χ1) is 11.7. The van der Waals surface area contributed by atoms with E-state index >= 15 is 0 Å². The molecule has 0 atom stereocenters. The molecule has 2 aliphatic heterocycles. The van der Waals surface area contributed by atoms with Crippen molar-refractivity contribution in [1.82, 2.24) is 9.71 Å². The summed E-state index contributed by atoms with van der Waals surface area (Å²) >= 11 is 0. The first-order valence-electron chi connectivity index (χ1n) is 8.96. The number of hydrogen-bond acceptors (Lipinski definition) is 5. The largest absolute Gasteiger partial charge is 0.468 e. The molecule has 3 rings (SSSR count). The lowest BCUT2D eigenvalue weighted by molar-refractivity contribution is -0.0443. The van der Waals surface area contributed by atoms with Gasteiger partial charge in [0.1, 0.15) is 10.5 Å². The summed E-state index contributed by atoms with van der Waals surface area (Å²) in [6, 6.07) is 3.42. The van der Waals surface area contributed by atoms with Crippen LogP contribution in [-0.4, -0.2) is 38.8 Å². The molecule has 1 spiro atoms. The van der Waals surface area contributed by atoms with Gasteiger partial charge in [0.05, 0.1) is 19.8 Å². The predicted octanol–water partition coefficient (Wildman–Crippen LogP) is 2.67. The van der Waals surface area contributed by atoms with E-state index in [2.05, 4.69) is 30.5 Å². The highest BCUT2D eigenvalue weighted by atomic mass is 32.2. The molecule has 0 radical (unpaired) electrons. The molecule has 0 bridgehead atoms. The van der Waals surface area contributed by atoms with Crippen LogP contribution < -0.4 is 9.46 Å². The van der Waals surface area contributed by atoms with Crippen molar-refractivity contribution >= 4 is 10.0 Å². The Labute approximate surface area is 150 Å². The van der Waals surface area contributed by atoms with Crippen molar-refractivity contribution in [2.45, 2.75) is 63.4 Å². The van der Waals surface area contributed by atoms with Gasteiger partial charge in [-0.25, -0.2) is 18.1 Å². The number of nitrogens with one attached hydrogen (secondary N) is 1. The molecule has 1 aromatic heterocycles. The molecule has 1 saturated heterocycles. The number of aromatic nitrogens is 1. The van der Waals surface area contributed by atoms with E-state index in [1.165, 1.54) is 0 Å². The molecule has 1 aromatic rings. The van der Waals surface area contributed by atoms with Crippen LogP contribution in [0, 0.1) is 5.41 Å². The number of hydrogen-bond donors (Lipinski definition) is 1. The van der Waals surface area contributed by atoms with E-state index in [9.17, 15) is 8.42 Å². The van der Waals surface area contributed by atoms with Gasteiger partial charge in [0, 0.05) is 18.5 Å². The molecule has 0 unspecified atom stereocenters. The summed E-state index contributed by atoms with van der Waals surface area (Å²) in [6.07, 6.45) is 4.24.